The number of aromatic nitrogens is 1. The number of carbonyl (C=O) groups excluding carboxylic acids is 1. The van der Waals surface area contributed by atoms with Crippen molar-refractivity contribution in [3.8, 4) is 11.3 Å². The van der Waals surface area contributed by atoms with E-state index in [0.29, 0.717) is 12.2 Å². The van der Waals surface area contributed by atoms with Gasteiger partial charge in [0.2, 0.25) is 0 Å². The summed E-state index contributed by atoms with van der Waals surface area (Å²) in [5.74, 6) is 0.0323. The average Bonchev–Trinajstić information content (AvgIpc) is 2.48. The summed E-state index contributed by atoms with van der Waals surface area (Å²) in [7, 11) is 0. The van der Waals surface area contributed by atoms with E-state index in [2.05, 4.69) is 17.1 Å². The Balaban J connectivity index is 2.19. The van der Waals surface area contributed by atoms with Gasteiger partial charge in [-0.3, -0.25) is 9.78 Å². The molecule has 0 bridgehead atoms. The number of benzene rings is 1. The quantitative estimate of drug-likeness (QED) is 0.769. The number of pyridine rings is 1. The SMILES string of the molecule is CCOC(C)c1ccc(-c2ccc(C(C)=O)cn2)cc1. The fourth-order valence-electron chi connectivity index (χ4n) is 2.04. The molecule has 1 aromatic carbocycles. The Morgan fingerprint density at radius 1 is 1.20 bits per heavy atom. The molecule has 0 spiro atoms. The van der Waals surface area contributed by atoms with Crippen LogP contribution in [0.3, 0.4) is 0 Å². The minimum absolute atomic E-state index is 0.0323. The maximum Gasteiger partial charge on any atom is 0.161 e. The maximum atomic E-state index is 11.2. The number of hydrogen-bond donors (Lipinski definition) is 0. The first-order chi connectivity index (χ1) is 9.61. The molecule has 1 atom stereocenters. The molecule has 1 unspecified atom stereocenters. The third kappa shape index (κ3) is 3.31. The molecule has 0 fully saturated rings. The molecule has 3 nitrogen and oxygen atoms in total. The molecule has 0 amide bonds. The molecule has 104 valence electrons. The van der Waals surface area contributed by atoms with Gasteiger partial charge in [-0.2, -0.15) is 0 Å². The van der Waals surface area contributed by atoms with Crippen molar-refractivity contribution in [2.45, 2.75) is 26.9 Å². The fourth-order valence-corrected chi connectivity index (χ4v) is 2.04. The molecule has 0 N–H and O–H groups in total. The van der Waals surface area contributed by atoms with Crippen LogP contribution in [0.25, 0.3) is 11.3 Å². The Kier molecular flexibility index (Phi) is 4.64. The number of rotatable bonds is 5. The lowest BCUT2D eigenvalue weighted by atomic mass is 10.0. The second-order valence-electron chi connectivity index (χ2n) is 4.71. The normalized spacial score (nSPS) is 12.2. The van der Waals surface area contributed by atoms with Crippen LogP contribution in [0, 0.1) is 0 Å². The van der Waals surface area contributed by atoms with Gasteiger partial charge in [-0.1, -0.05) is 24.3 Å². The first-order valence-corrected chi connectivity index (χ1v) is 6.80. The average molecular weight is 269 g/mol. The van der Waals surface area contributed by atoms with E-state index < -0.39 is 0 Å². The Bertz CT molecular complexity index is 573. The van der Waals surface area contributed by atoms with Crippen molar-refractivity contribution in [1.29, 1.82) is 0 Å². The van der Waals surface area contributed by atoms with E-state index in [-0.39, 0.29) is 11.9 Å². The largest absolute Gasteiger partial charge is 0.374 e. The van der Waals surface area contributed by atoms with E-state index in [0.717, 1.165) is 16.8 Å². The minimum atomic E-state index is 0.0323. The van der Waals surface area contributed by atoms with Gasteiger partial charge in [-0.05, 0) is 38.5 Å². The summed E-state index contributed by atoms with van der Waals surface area (Å²) in [6.45, 7) is 6.28. The fraction of sp³-hybridized carbons (Fsp3) is 0.294. The summed E-state index contributed by atoms with van der Waals surface area (Å²) in [5.41, 5.74) is 3.68. The van der Waals surface area contributed by atoms with Crippen molar-refractivity contribution in [2.24, 2.45) is 0 Å². The van der Waals surface area contributed by atoms with Crippen molar-refractivity contribution < 1.29 is 9.53 Å². The van der Waals surface area contributed by atoms with E-state index in [1.165, 1.54) is 0 Å². The lowest BCUT2D eigenvalue weighted by Crippen LogP contribution is -1.99. The van der Waals surface area contributed by atoms with Crippen molar-refractivity contribution >= 4 is 5.78 Å². The molecule has 0 radical (unpaired) electrons. The summed E-state index contributed by atoms with van der Waals surface area (Å²) < 4.78 is 5.56. The number of ketones is 1. The van der Waals surface area contributed by atoms with Gasteiger partial charge in [0.25, 0.3) is 0 Å². The van der Waals surface area contributed by atoms with E-state index in [1.807, 2.05) is 32.0 Å². The minimum Gasteiger partial charge on any atom is -0.374 e. The standard InChI is InChI=1S/C17H19NO2/c1-4-20-13(3)14-5-7-15(8-6-14)17-10-9-16(11-18-17)12(2)19/h5-11,13H,4H2,1-3H3. The molecule has 2 aromatic rings. The van der Waals surface area contributed by atoms with Crippen LogP contribution in [0.1, 0.15) is 42.8 Å². The van der Waals surface area contributed by atoms with Crippen molar-refractivity contribution in [1.82, 2.24) is 4.98 Å². The third-order valence-electron chi connectivity index (χ3n) is 3.26. The van der Waals surface area contributed by atoms with Gasteiger partial charge < -0.3 is 4.74 Å². The highest BCUT2D eigenvalue weighted by atomic mass is 16.5. The highest BCUT2D eigenvalue weighted by Crippen LogP contribution is 2.22. The lowest BCUT2D eigenvalue weighted by Gasteiger charge is -2.12. The van der Waals surface area contributed by atoms with E-state index in [9.17, 15) is 4.79 Å². The highest BCUT2D eigenvalue weighted by molar-refractivity contribution is 5.93. The topological polar surface area (TPSA) is 39.2 Å². The molecule has 0 aliphatic rings. The molecular formula is C17H19NO2. The van der Waals surface area contributed by atoms with Crippen LogP contribution in [0.5, 0.6) is 0 Å². The number of nitrogens with zero attached hydrogens (tertiary/aromatic N) is 1. The summed E-state index contributed by atoms with van der Waals surface area (Å²) in [6.07, 6.45) is 1.72. The molecule has 20 heavy (non-hydrogen) atoms. The van der Waals surface area contributed by atoms with E-state index in [4.69, 9.17) is 4.74 Å². The first-order valence-electron chi connectivity index (χ1n) is 6.80. The van der Waals surface area contributed by atoms with Gasteiger partial charge in [0.1, 0.15) is 0 Å². The molecular weight excluding hydrogens is 250 g/mol. The van der Waals surface area contributed by atoms with Crippen molar-refractivity contribution in [3.05, 3.63) is 53.7 Å². The van der Waals surface area contributed by atoms with Crippen molar-refractivity contribution in [2.75, 3.05) is 6.61 Å². The predicted molar refractivity (Wildman–Crippen MR) is 79.7 cm³/mol. The number of carbonyl (C=O) groups is 1. The zero-order valence-corrected chi connectivity index (χ0v) is 12.1. The Labute approximate surface area is 119 Å². The molecule has 1 aromatic heterocycles. The van der Waals surface area contributed by atoms with Crippen LogP contribution in [0.15, 0.2) is 42.6 Å². The molecule has 0 aliphatic carbocycles. The van der Waals surface area contributed by atoms with Gasteiger partial charge in [-0.25, -0.2) is 0 Å². The van der Waals surface area contributed by atoms with Crippen LogP contribution < -0.4 is 0 Å². The van der Waals surface area contributed by atoms with E-state index in [1.54, 1.807) is 19.2 Å². The van der Waals surface area contributed by atoms with Gasteiger partial charge >= 0.3 is 0 Å². The smallest absolute Gasteiger partial charge is 0.161 e. The second-order valence-corrected chi connectivity index (χ2v) is 4.71. The molecule has 3 heteroatoms. The zero-order valence-electron chi connectivity index (χ0n) is 12.1. The Morgan fingerprint density at radius 2 is 1.90 bits per heavy atom. The van der Waals surface area contributed by atoms with E-state index >= 15 is 0 Å². The first kappa shape index (κ1) is 14.4. The van der Waals surface area contributed by atoms with Crippen LogP contribution in [-0.2, 0) is 4.74 Å². The lowest BCUT2D eigenvalue weighted by molar-refractivity contribution is 0.0764. The summed E-state index contributed by atoms with van der Waals surface area (Å²) in [5, 5.41) is 0. The van der Waals surface area contributed by atoms with Gasteiger partial charge in [0.05, 0.1) is 11.8 Å². The van der Waals surface area contributed by atoms with Crippen LogP contribution in [-0.4, -0.2) is 17.4 Å². The molecule has 2 rings (SSSR count). The number of ether oxygens (including phenoxy) is 1. The maximum absolute atomic E-state index is 11.2. The van der Waals surface area contributed by atoms with Crippen molar-refractivity contribution in [3.63, 3.8) is 0 Å². The monoisotopic (exact) mass is 269 g/mol. The van der Waals surface area contributed by atoms with Gasteiger partial charge in [0, 0.05) is 23.9 Å². The third-order valence-corrected chi connectivity index (χ3v) is 3.26. The number of hydrogen-bond acceptors (Lipinski definition) is 3. The van der Waals surface area contributed by atoms with Crippen LogP contribution >= 0.6 is 0 Å². The summed E-state index contributed by atoms with van der Waals surface area (Å²) >= 11 is 0. The Hall–Kier alpha value is -2.00. The molecule has 1 heterocycles. The summed E-state index contributed by atoms with van der Waals surface area (Å²) in [6, 6.07) is 11.8. The molecule has 0 aliphatic heterocycles. The van der Waals surface area contributed by atoms with Crippen LogP contribution in [0.2, 0.25) is 0 Å². The van der Waals surface area contributed by atoms with Gasteiger partial charge in [0.15, 0.2) is 5.78 Å². The molecule has 0 saturated carbocycles. The van der Waals surface area contributed by atoms with Gasteiger partial charge in [-0.15, -0.1) is 0 Å². The molecule has 0 saturated heterocycles. The second kappa shape index (κ2) is 6.44. The number of Topliss-reactive ketones (excluding diaryl/α,β-unsaturated/α-hetero) is 1. The predicted octanol–water partition coefficient (Wildman–Crippen LogP) is 4.05. The Morgan fingerprint density at radius 3 is 2.40 bits per heavy atom. The highest BCUT2D eigenvalue weighted by Gasteiger charge is 2.06. The van der Waals surface area contributed by atoms with Crippen LogP contribution in [0.4, 0.5) is 0 Å². The summed E-state index contributed by atoms with van der Waals surface area (Å²) in [4.78, 5) is 15.5. The zero-order chi connectivity index (χ0) is 14.5.